The molecule has 2 aliphatic rings. The van der Waals surface area contributed by atoms with Gasteiger partial charge in [0.15, 0.2) is 0 Å². The van der Waals surface area contributed by atoms with Crippen molar-refractivity contribution in [2.75, 3.05) is 26.2 Å². The molecule has 4 nitrogen and oxygen atoms in total. The highest BCUT2D eigenvalue weighted by Crippen LogP contribution is 2.32. The minimum atomic E-state index is -2.96. The van der Waals surface area contributed by atoms with E-state index in [1.165, 1.54) is 16.7 Å². The third kappa shape index (κ3) is 4.68. The van der Waals surface area contributed by atoms with E-state index in [1.807, 2.05) is 29.2 Å². The smallest absolute Gasteiger partial charge is 0.268 e. The molecule has 0 radical (unpaired) electrons. The predicted molar refractivity (Wildman–Crippen MR) is 111 cm³/mol. The molecule has 4 rings (SSSR count). The summed E-state index contributed by atoms with van der Waals surface area (Å²) in [4.78, 5) is 15.6. The molecule has 2 fully saturated rings. The van der Waals surface area contributed by atoms with Gasteiger partial charge in [-0.15, -0.1) is 0 Å². The van der Waals surface area contributed by atoms with Crippen LogP contribution in [-0.4, -0.2) is 53.9 Å². The standard InChI is InChI=1S/C24H25F2N3O/c25-24(26)13-22(14-27)29(17-24)23(30)16-28-11-10-19(15-28)12-18-6-8-21(9-7-18)20-4-2-1-3-5-20/h1-9,19,22H,10-13,15-17H2/t19-,22+/m1/s1. The molecule has 0 unspecified atom stereocenters. The van der Waals surface area contributed by atoms with E-state index < -0.39 is 24.9 Å². The van der Waals surface area contributed by atoms with Gasteiger partial charge in [-0.3, -0.25) is 9.69 Å². The molecule has 0 spiro atoms. The number of nitriles is 1. The van der Waals surface area contributed by atoms with Gasteiger partial charge in [0.2, 0.25) is 5.91 Å². The topological polar surface area (TPSA) is 47.3 Å². The Morgan fingerprint density at radius 3 is 2.50 bits per heavy atom. The molecule has 6 heteroatoms. The van der Waals surface area contributed by atoms with Crippen LogP contribution < -0.4 is 0 Å². The maximum absolute atomic E-state index is 13.6. The number of carbonyl (C=O) groups is 1. The summed E-state index contributed by atoms with van der Waals surface area (Å²) >= 11 is 0. The van der Waals surface area contributed by atoms with Gasteiger partial charge in [-0.1, -0.05) is 54.6 Å². The Kier molecular flexibility index (Phi) is 5.83. The lowest BCUT2D eigenvalue weighted by Crippen LogP contribution is -2.42. The number of amides is 1. The second kappa shape index (κ2) is 8.53. The first-order valence-electron chi connectivity index (χ1n) is 10.4. The molecule has 2 saturated heterocycles. The molecule has 2 aromatic carbocycles. The van der Waals surface area contributed by atoms with Crippen molar-refractivity contribution in [3.05, 3.63) is 60.2 Å². The molecule has 0 N–H and O–H groups in total. The number of hydrogen-bond acceptors (Lipinski definition) is 3. The summed E-state index contributed by atoms with van der Waals surface area (Å²) in [5.41, 5.74) is 3.64. The van der Waals surface area contributed by atoms with Crippen molar-refractivity contribution in [3.63, 3.8) is 0 Å². The highest BCUT2D eigenvalue weighted by molar-refractivity contribution is 5.79. The van der Waals surface area contributed by atoms with Crippen molar-refractivity contribution in [3.8, 4) is 17.2 Å². The van der Waals surface area contributed by atoms with Gasteiger partial charge in [-0.05, 0) is 42.0 Å². The molecule has 2 aliphatic heterocycles. The Bertz CT molecular complexity index is 924. The average Bonchev–Trinajstić information content (AvgIpc) is 3.32. The van der Waals surface area contributed by atoms with E-state index in [9.17, 15) is 13.6 Å². The van der Waals surface area contributed by atoms with Crippen molar-refractivity contribution < 1.29 is 13.6 Å². The number of likely N-dealkylation sites (tertiary alicyclic amines) is 2. The molecule has 0 aliphatic carbocycles. The summed E-state index contributed by atoms with van der Waals surface area (Å²) in [5.74, 6) is -2.89. The van der Waals surface area contributed by atoms with E-state index in [0.717, 1.165) is 30.8 Å². The number of carbonyl (C=O) groups excluding carboxylic acids is 1. The first-order chi connectivity index (χ1) is 14.4. The number of benzene rings is 2. The van der Waals surface area contributed by atoms with Crippen molar-refractivity contribution in [2.45, 2.75) is 31.2 Å². The van der Waals surface area contributed by atoms with E-state index >= 15 is 0 Å². The van der Waals surface area contributed by atoms with Crippen LogP contribution in [0.2, 0.25) is 0 Å². The largest absolute Gasteiger partial charge is 0.319 e. The fourth-order valence-electron chi connectivity index (χ4n) is 4.50. The molecule has 2 atom stereocenters. The summed E-state index contributed by atoms with van der Waals surface area (Å²) in [7, 11) is 0. The maximum atomic E-state index is 13.6. The number of hydrogen-bond donors (Lipinski definition) is 0. The molecule has 156 valence electrons. The molecule has 30 heavy (non-hydrogen) atoms. The molecule has 2 aromatic rings. The monoisotopic (exact) mass is 409 g/mol. The molecule has 0 saturated carbocycles. The van der Waals surface area contributed by atoms with E-state index in [1.54, 1.807) is 0 Å². The van der Waals surface area contributed by atoms with Crippen LogP contribution in [0, 0.1) is 17.2 Å². The van der Waals surface area contributed by atoms with Crippen LogP contribution in [0.1, 0.15) is 18.4 Å². The first kappa shape index (κ1) is 20.5. The van der Waals surface area contributed by atoms with Crippen molar-refractivity contribution in [1.29, 1.82) is 5.26 Å². The Morgan fingerprint density at radius 2 is 1.80 bits per heavy atom. The summed E-state index contributed by atoms with van der Waals surface area (Å²) in [6.07, 6.45) is 1.35. The lowest BCUT2D eigenvalue weighted by atomic mass is 9.96. The van der Waals surface area contributed by atoms with Crippen LogP contribution in [0.5, 0.6) is 0 Å². The normalized spacial score (nSPS) is 23.4. The van der Waals surface area contributed by atoms with Crippen LogP contribution in [0.3, 0.4) is 0 Å². The Balaban J connectivity index is 1.30. The predicted octanol–water partition coefficient (Wildman–Crippen LogP) is 3.98. The number of halogens is 2. The second-order valence-corrected chi connectivity index (χ2v) is 8.38. The molecule has 0 bridgehead atoms. The quantitative estimate of drug-likeness (QED) is 0.751. The van der Waals surface area contributed by atoms with E-state index in [2.05, 4.69) is 36.4 Å². The zero-order chi connectivity index (χ0) is 21.1. The number of nitrogens with zero attached hydrogens (tertiary/aromatic N) is 3. The number of alkyl halides is 2. The van der Waals surface area contributed by atoms with E-state index in [0.29, 0.717) is 5.92 Å². The lowest BCUT2D eigenvalue weighted by molar-refractivity contribution is -0.133. The van der Waals surface area contributed by atoms with Crippen molar-refractivity contribution in [1.82, 2.24) is 9.80 Å². The third-order valence-electron chi connectivity index (χ3n) is 6.05. The van der Waals surface area contributed by atoms with Gasteiger partial charge in [-0.2, -0.15) is 5.26 Å². The van der Waals surface area contributed by atoms with Crippen LogP contribution >= 0.6 is 0 Å². The fourth-order valence-corrected chi connectivity index (χ4v) is 4.50. The van der Waals surface area contributed by atoms with Gasteiger partial charge in [-0.25, -0.2) is 8.78 Å². The Morgan fingerprint density at radius 1 is 1.10 bits per heavy atom. The summed E-state index contributed by atoms with van der Waals surface area (Å²) < 4.78 is 27.2. The second-order valence-electron chi connectivity index (χ2n) is 8.38. The minimum Gasteiger partial charge on any atom is -0.319 e. The molecular weight excluding hydrogens is 384 g/mol. The number of rotatable bonds is 5. The van der Waals surface area contributed by atoms with E-state index in [4.69, 9.17) is 5.26 Å². The fraction of sp³-hybridized carbons (Fsp3) is 0.417. The van der Waals surface area contributed by atoms with Gasteiger partial charge in [0.1, 0.15) is 6.04 Å². The van der Waals surface area contributed by atoms with Crippen LogP contribution in [0.25, 0.3) is 11.1 Å². The Labute approximate surface area is 175 Å². The van der Waals surface area contributed by atoms with Crippen molar-refractivity contribution in [2.24, 2.45) is 5.92 Å². The minimum absolute atomic E-state index is 0.109. The Hall–Kier alpha value is -2.78. The van der Waals surface area contributed by atoms with E-state index in [-0.39, 0.29) is 12.5 Å². The van der Waals surface area contributed by atoms with Crippen LogP contribution in [0.15, 0.2) is 54.6 Å². The van der Waals surface area contributed by atoms with Gasteiger partial charge >= 0.3 is 0 Å². The molecule has 1 amide bonds. The zero-order valence-corrected chi connectivity index (χ0v) is 16.8. The highest BCUT2D eigenvalue weighted by atomic mass is 19.3. The van der Waals surface area contributed by atoms with Gasteiger partial charge in [0, 0.05) is 13.0 Å². The highest BCUT2D eigenvalue weighted by Gasteiger charge is 2.47. The van der Waals surface area contributed by atoms with Gasteiger partial charge in [0.05, 0.1) is 19.2 Å². The summed E-state index contributed by atoms with van der Waals surface area (Å²) in [5, 5.41) is 9.09. The van der Waals surface area contributed by atoms with Crippen molar-refractivity contribution >= 4 is 5.91 Å². The lowest BCUT2D eigenvalue weighted by Gasteiger charge is -2.23. The first-order valence-corrected chi connectivity index (χ1v) is 10.4. The van der Waals surface area contributed by atoms with Crippen LogP contribution in [-0.2, 0) is 11.2 Å². The zero-order valence-electron chi connectivity index (χ0n) is 16.8. The maximum Gasteiger partial charge on any atom is 0.268 e. The van der Waals surface area contributed by atoms with Gasteiger partial charge < -0.3 is 4.90 Å². The average molecular weight is 409 g/mol. The van der Waals surface area contributed by atoms with Crippen LogP contribution in [0.4, 0.5) is 8.78 Å². The summed E-state index contributed by atoms with van der Waals surface area (Å²) in [6, 6.07) is 19.6. The summed E-state index contributed by atoms with van der Waals surface area (Å²) in [6.45, 7) is 1.01. The third-order valence-corrected chi connectivity index (χ3v) is 6.05. The molecular formula is C24H25F2N3O. The molecule has 2 heterocycles. The van der Waals surface area contributed by atoms with Gasteiger partial charge in [0.25, 0.3) is 5.92 Å². The SMILES string of the molecule is N#C[C@@H]1CC(F)(F)CN1C(=O)CN1CC[C@H](Cc2ccc(-c3ccccc3)cc2)C1. The molecule has 0 aromatic heterocycles.